The van der Waals surface area contributed by atoms with Gasteiger partial charge in [-0.05, 0) is 11.8 Å². The van der Waals surface area contributed by atoms with E-state index in [1.54, 1.807) is 0 Å². The minimum absolute atomic E-state index is 0.258. The van der Waals surface area contributed by atoms with Crippen LogP contribution >= 0.6 is 0 Å². The molecule has 1 heterocycles. The number of carbonyl (C=O) groups is 1. The topological polar surface area (TPSA) is 60.8 Å². The Morgan fingerprint density at radius 2 is 2.05 bits per heavy atom. The Balaban J connectivity index is 1.89. The highest BCUT2D eigenvalue weighted by atomic mass is 16.4. The molecule has 0 radical (unpaired) electrons. The fraction of sp³-hybridized carbons (Fsp3) is 0.267. The molecular weight excluding hydrogens is 242 g/mol. The van der Waals surface area contributed by atoms with Gasteiger partial charge in [0.05, 0.1) is 0 Å². The molecule has 0 amide bonds. The van der Waals surface area contributed by atoms with Crippen LogP contribution in [-0.2, 0) is 11.3 Å². The second-order valence-corrected chi connectivity index (χ2v) is 4.91. The monoisotopic (exact) mass is 257 g/mol. The predicted molar refractivity (Wildman–Crippen MR) is 72.1 cm³/mol. The molecule has 1 unspecified atom stereocenters. The number of fused-ring (bicyclic) bond motifs is 1. The molecule has 0 aliphatic carbocycles. The molecule has 19 heavy (non-hydrogen) atoms. The lowest BCUT2D eigenvalue weighted by Crippen LogP contribution is -2.51. The first-order valence-corrected chi connectivity index (χ1v) is 6.33. The molecule has 0 saturated carbocycles. The first-order chi connectivity index (χ1) is 9.16. The number of benzene rings is 2. The Hall–Kier alpha value is -2.07. The van der Waals surface area contributed by atoms with Gasteiger partial charge in [-0.25, -0.2) is 0 Å². The van der Waals surface area contributed by atoms with Crippen molar-refractivity contribution in [3.63, 3.8) is 0 Å². The zero-order valence-corrected chi connectivity index (χ0v) is 10.4. The summed E-state index contributed by atoms with van der Waals surface area (Å²) >= 11 is 0. The number of hydrogen-bond acceptors (Lipinski definition) is 3. The van der Waals surface area contributed by atoms with Gasteiger partial charge in [0.15, 0.2) is 0 Å². The number of rotatable bonds is 3. The van der Waals surface area contributed by atoms with Crippen molar-refractivity contribution >= 4 is 16.7 Å². The maximum absolute atomic E-state index is 11.0. The Morgan fingerprint density at radius 3 is 2.74 bits per heavy atom. The average Bonchev–Trinajstić information content (AvgIpc) is 2.36. The molecule has 4 heteroatoms. The third-order valence-electron chi connectivity index (χ3n) is 3.77. The molecule has 2 aromatic rings. The predicted octanol–water partition coefficient (Wildman–Crippen LogP) is 2.20. The average molecular weight is 257 g/mol. The molecule has 0 bridgehead atoms. The summed E-state index contributed by atoms with van der Waals surface area (Å²) in [7, 11) is 0. The van der Waals surface area contributed by atoms with E-state index in [1.165, 1.54) is 0 Å². The molecule has 4 nitrogen and oxygen atoms in total. The van der Waals surface area contributed by atoms with Gasteiger partial charge in [0.1, 0.15) is 11.8 Å². The van der Waals surface area contributed by atoms with Crippen molar-refractivity contribution in [2.24, 2.45) is 0 Å². The van der Waals surface area contributed by atoms with E-state index in [4.69, 9.17) is 5.11 Å². The van der Waals surface area contributed by atoms with Crippen molar-refractivity contribution in [3.05, 3.63) is 42.0 Å². The number of carboxylic acid groups (broad SMARTS) is 1. The Kier molecular flexibility index (Phi) is 2.87. The standard InChI is InChI=1S/C15H15NO3/c17-14-11(9-16-8-7-13(16)15(18)19)6-5-10-3-1-2-4-12(10)14/h1-6,13,17H,7-9H2,(H,18,19). The largest absolute Gasteiger partial charge is 0.507 e. The highest BCUT2D eigenvalue weighted by molar-refractivity contribution is 5.89. The highest BCUT2D eigenvalue weighted by Crippen LogP contribution is 2.31. The Morgan fingerprint density at radius 1 is 1.26 bits per heavy atom. The number of phenols is 1. The van der Waals surface area contributed by atoms with Gasteiger partial charge in [-0.3, -0.25) is 9.69 Å². The van der Waals surface area contributed by atoms with Crippen LogP contribution in [0.3, 0.4) is 0 Å². The highest BCUT2D eigenvalue weighted by Gasteiger charge is 2.34. The van der Waals surface area contributed by atoms with Crippen molar-refractivity contribution in [3.8, 4) is 5.75 Å². The van der Waals surface area contributed by atoms with Crippen molar-refractivity contribution in [1.82, 2.24) is 4.90 Å². The summed E-state index contributed by atoms with van der Waals surface area (Å²) in [6, 6.07) is 11.1. The van der Waals surface area contributed by atoms with Gasteiger partial charge >= 0.3 is 5.97 Å². The lowest BCUT2D eigenvalue weighted by atomic mass is 10.00. The molecule has 0 spiro atoms. The minimum Gasteiger partial charge on any atom is -0.507 e. The van der Waals surface area contributed by atoms with E-state index in [1.807, 2.05) is 41.3 Å². The van der Waals surface area contributed by atoms with Crippen LogP contribution < -0.4 is 0 Å². The second-order valence-electron chi connectivity index (χ2n) is 4.91. The minimum atomic E-state index is -0.786. The molecule has 98 valence electrons. The lowest BCUT2D eigenvalue weighted by molar-refractivity contribution is -0.148. The first kappa shape index (κ1) is 12.0. The van der Waals surface area contributed by atoms with E-state index in [2.05, 4.69) is 0 Å². The van der Waals surface area contributed by atoms with Crippen molar-refractivity contribution in [2.75, 3.05) is 6.54 Å². The van der Waals surface area contributed by atoms with Gasteiger partial charge in [-0.1, -0.05) is 36.4 Å². The maximum Gasteiger partial charge on any atom is 0.320 e. The molecule has 1 atom stereocenters. The van der Waals surface area contributed by atoms with E-state index < -0.39 is 12.0 Å². The number of carboxylic acids is 1. The molecule has 3 rings (SSSR count). The van der Waals surface area contributed by atoms with Crippen molar-refractivity contribution in [2.45, 2.75) is 19.0 Å². The number of aromatic hydroxyl groups is 1. The van der Waals surface area contributed by atoms with Gasteiger partial charge in [0, 0.05) is 24.0 Å². The molecule has 0 aromatic heterocycles. The third-order valence-corrected chi connectivity index (χ3v) is 3.77. The number of likely N-dealkylation sites (tertiary alicyclic amines) is 1. The van der Waals surface area contributed by atoms with E-state index in [0.29, 0.717) is 13.0 Å². The van der Waals surface area contributed by atoms with Crippen LogP contribution in [0.1, 0.15) is 12.0 Å². The molecular formula is C15H15NO3. The SMILES string of the molecule is O=C(O)C1CCN1Cc1ccc2ccccc2c1O. The number of aliphatic carboxylic acids is 1. The summed E-state index contributed by atoms with van der Waals surface area (Å²) < 4.78 is 0. The summed E-state index contributed by atoms with van der Waals surface area (Å²) in [6.45, 7) is 1.25. The Bertz CT molecular complexity index is 638. The van der Waals surface area contributed by atoms with E-state index in [0.717, 1.165) is 22.9 Å². The summed E-state index contributed by atoms with van der Waals surface area (Å²) in [4.78, 5) is 12.8. The number of nitrogens with zero attached hydrogens (tertiary/aromatic N) is 1. The van der Waals surface area contributed by atoms with Crippen LogP contribution in [0.2, 0.25) is 0 Å². The van der Waals surface area contributed by atoms with Gasteiger partial charge in [-0.15, -0.1) is 0 Å². The van der Waals surface area contributed by atoms with Crippen LogP contribution in [0.15, 0.2) is 36.4 Å². The zero-order valence-electron chi connectivity index (χ0n) is 10.4. The fourth-order valence-corrected chi connectivity index (χ4v) is 2.56. The van der Waals surface area contributed by atoms with Crippen LogP contribution in [0, 0.1) is 0 Å². The fourth-order valence-electron chi connectivity index (χ4n) is 2.56. The van der Waals surface area contributed by atoms with Crippen molar-refractivity contribution in [1.29, 1.82) is 0 Å². The smallest absolute Gasteiger partial charge is 0.320 e. The van der Waals surface area contributed by atoms with E-state index in [9.17, 15) is 9.90 Å². The van der Waals surface area contributed by atoms with Gasteiger partial charge in [0.25, 0.3) is 0 Å². The molecule has 1 fully saturated rings. The summed E-state index contributed by atoms with van der Waals surface area (Å²) in [5, 5.41) is 21.1. The third kappa shape index (κ3) is 2.04. The maximum atomic E-state index is 11.0. The molecule has 1 aliphatic rings. The van der Waals surface area contributed by atoms with Gasteiger partial charge in [0.2, 0.25) is 0 Å². The zero-order chi connectivity index (χ0) is 13.4. The summed E-state index contributed by atoms with van der Waals surface area (Å²) in [5.74, 6) is -0.527. The molecule has 2 aromatic carbocycles. The number of phenolic OH excluding ortho intramolecular Hbond substituents is 1. The van der Waals surface area contributed by atoms with Crippen LogP contribution in [-0.4, -0.2) is 33.7 Å². The van der Waals surface area contributed by atoms with Gasteiger partial charge in [-0.2, -0.15) is 0 Å². The van der Waals surface area contributed by atoms with Crippen molar-refractivity contribution < 1.29 is 15.0 Å². The number of hydrogen-bond donors (Lipinski definition) is 2. The Labute approximate surface area is 110 Å². The lowest BCUT2D eigenvalue weighted by Gasteiger charge is -2.38. The normalized spacial score (nSPS) is 19.3. The van der Waals surface area contributed by atoms with Crippen LogP contribution in [0.4, 0.5) is 0 Å². The molecule has 2 N–H and O–H groups in total. The van der Waals surface area contributed by atoms with Crippen LogP contribution in [0.5, 0.6) is 5.75 Å². The first-order valence-electron chi connectivity index (χ1n) is 6.33. The van der Waals surface area contributed by atoms with E-state index in [-0.39, 0.29) is 5.75 Å². The van der Waals surface area contributed by atoms with E-state index >= 15 is 0 Å². The quantitative estimate of drug-likeness (QED) is 0.885. The second kappa shape index (κ2) is 4.55. The molecule has 1 aliphatic heterocycles. The van der Waals surface area contributed by atoms with Gasteiger partial charge < -0.3 is 10.2 Å². The summed E-state index contributed by atoms with van der Waals surface area (Å²) in [6.07, 6.45) is 0.684. The molecule has 1 saturated heterocycles. The van der Waals surface area contributed by atoms with Crippen LogP contribution in [0.25, 0.3) is 10.8 Å². The summed E-state index contributed by atoms with van der Waals surface area (Å²) in [5.41, 5.74) is 0.782.